The molecule has 0 atom stereocenters. The average Bonchev–Trinajstić information content (AvgIpc) is 2.42. The molecule has 1 aromatic carbocycles. The van der Waals surface area contributed by atoms with E-state index in [0.29, 0.717) is 0 Å². The molecule has 0 unspecified atom stereocenters. The molecule has 0 aliphatic heterocycles. The van der Waals surface area contributed by atoms with Crippen molar-refractivity contribution in [1.29, 1.82) is 0 Å². The fourth-order valence-electron chi connectivity index (χ4n) is 2.37. The molecule has 1 rings (SSSR count). The molecule has 0 aliphatic carbocycles. The van der Waals surface area contributed by atoms with Crippen molar-refractivity contribution in [3.63, 3.8) is 0 Å². The van der Waals surface area contributed by atoms with Crippen LogP contribution in [0.3, 0.4) is 0 Å². The lowest BCUT2D eigenvalue weighted by molar-refractivity contribution is 0.666. The molecule has 18 heavy (non-hydrogen) atoms. The topological polar surface area (TPSA) is 0 Å². The van der Waals surface area contributed by atoms with Gasteiger partial charge in [0.25, 0.3) is 0 Å². The van der Waals surface area contributed by atoms with Crippen molar-refractivity contribution < 1.29 is 0 Å². The van der Waals surface area contributed by atoms with E-state index in [1.165, 1.54) is 47.9 Å². The van der Waals surface area contributed by atoms with Crippen LogP contribution in [0.1, 0.15) is 61.8 Å². The number of unbranched alkanes of at least 4 members (excludes halogenated alkanes) is 3. The second-order valence-corrected chi connectivity index (χ2v) is 4.82. The maximum atomic E-state index is 3.94. The predicted molar refractivity (Wildman–Crippen MR) is 83.8 cm³/mol. The molecule has 0 bridgehead atoms. The van der Waals surface area contributed by atoms with Crippen molar-refractivity contribution >= 4 is 12.2 Å². The van der Waals surface area contributed by atoms with Gasteiger partial charge in [0, 0.05) is 0 Å². The Morgan fingerprint density at radius 2 is 1.50 bits per heavy atom. The van der Waals surface area contributed by atoms with Gasteiger partial charge in [-0.2, -0.15) is 0 Å². The van der Waals surface area contributed by atoms with E-state index < -0.39 is 0 Å². The molecule has 98 valence electrons. The number of benzene rings is 1. The molecule has 0 saturated heterocycles. The lowest BCUT2D eigenvalue weighted by atomic mass is 9.93. The van der Waals surface area contributed by atoms with Gasteiger partial charge in [-0.3, -0.25) is 0 Å². The molecule has 0 saturated carbocycles. The highest BCUT2D eigenvalue weighted by atomic mass is 14.1. The van der Waals surface area contributed by atoms with Gasteiger partial charge in [-0.15, -0.1) is 0 Å². The SMILES string of the molecule is C=Cc1cc(CCCCCC)c(C=C)cc1CC. The number of hydrogen-bond donors (Lipinski definition) is 0. The zero-order chi connectivity index (χ0) is 13.4. The van der Waals surface area contributed by atoms with E-state index in [1.54, 1.807) is 0 Å². The van der Waals surface area contributed by atoms with Gasteiger partial charge in [-0.1, -0.05) is 70.6 Å². The highest BCUT2D eigenvalue weighted by molar-refractivity contribution is 5.61. The first kappa shape index (κ1) is 14.8. The monoisotopic (exact) mass is 242 g/mol. The van der Waals surface area contributed by atoms with E-state index in [0.717, 1.165) is 12.8 Å². The van der Waals surface area contributed by atoms with Gasteiger partial charge in [-0.05, 0) is 41.5 Å². The molecule has 0 N–H and O–H groups in total. The van der Waals surface area contributed by atoms with Crippen molar-refractivity contribution in [3.05, 3.63) is 47.5 Å². The van der Waals surface area contributed by atoms with Gasteiger partial charge in [-0.25, -0.2) is 0 Å². The summed E-state index contributed by atoms with van der Waals surface area (Å²) in [6, 6.07) is 4.58. The standard InChI is InChI=1S/C18H26/c1-5-9-10-11-12-18-14-16(7-3)15(6-2)13-17(18)8-4/h7-8,13-14H,3-6,9-12H2,1-2H3. The Balaban J connectivity index is 2.88. The van der Waals surface area contributed by atoms with E-state index in [4.69, 9.17) is 0 Å². The summed E-state index contributed by atoms with van der Waals surface area (Å²) < 4.78 is 0. The van der Waals surface area contributed by atoms with Crippen molar-refractivity contribution in [3.8, 4) is 0 Å². The highest BCUT2D eigenvalue weighted by Gasteiger charge is 2.05. The number of hydrogen-bond acceptors (Lipinski definition) is 0. The lowest BCUT2D eigenvalue weighted by Crippen LogP contribution is -1.96. The maximum absolute atomic E-state index is 3.94. The van der Waals surface area contributed by atoms with Gasteiger partial charge >= 0.3 is 0 Å². The smallest absolute Gasteiger partial charge is 0.0227 e. The molecule has 0 fully saturated rings. The summed E-state index contributed by atoms with van der Waals surface area (Å²) in [4.78, 5) is 0. The Labute approximate surface area is 112 Å². The first-order valence-corrected chi connectivity index (χ1v) is 7.17. The van der Waals surface area contributed by atoms with Gasteiger partial charge in [0.1, 0.15) is 0 Å². The summed E-state index contributed by atoms with van der Waals surface area (Å²) in [6.07, 6.45) is 11.4. The Kier molecular flexibility index (Phi) is 6.49. The van der Waals surface area contributed by atoms with E-state index in [1.807, 2.05) is 12.2 Å². The Morgan fingerprint density at radius 1 is 0.889 bits per heavy atom. The zero-order valence-electron chi connectivity index (χ0n) is 12.0. The van der Waals surface area contributed by atoms with E-state index >= 15 is 0 Å². The average molecular weight is 242 g/mol. The fraction of sp³-hybridized carbons (Fsp3) is 0.444. The Bertz CT molecular complexity index is 399. The second-order valence-electron chi connectivity index (χ2n) is 4.82. The van der Waals surface area contributed by atoms with Crippen molar-refractivity contribution in [2.24, 2.45) is 0 Å². The minimum Gasteiger partial charge on any atom is -0.0985 e. The largest absolute Gasteiger partial charge is 0.0985 e. The van der Waals surface area contributed by atoms with Crippen LogP contribution >= 0.6 is 0 Å². The van der Waals surface area contributed by atoms with Gasteiger partial charge in [0.2, 0.25) is 0 Å². The Morgan fingerprint density at radius 3 is 2.06 bits per heavy atom. The van der Waals surface area contributed by atoms with Crippen molar-refractivity contribution in [1.82, 2.24) is 0 Å². The first-order valence-electron chi connectivity index (χ1n) is 7.17. The second kappa shape index (κ2) is 7.92. The van der Waals surface area contributed by atoms with Gasteiger partial charge in [0.15, 0.2) is 0 Å². The van der Waals surface area contributed by atoms with Gasteiger partial charge in [0.05, 0.1) is 0 Å². The van der Waals surface area contributed by atoms with Gasteiger partial charge < -0.3 is 0 Å². The molecule has 0 radical (unpaired) electrons. The third-order valence-electron chi connectivity index (χ3n) is 3.52. The van der Waals surface area contributed by atoms with Crippen LogP contribution in [0.15, 0.2) is 25.3 Å². The lowest BCUT2D eigenvalue weighted by Gasteiger charge is -2.12. The molecule has 0 aliphatic rings. The molecular formula is C18H26. The van der Waals surface area contributed by atoms with Crippen LogP contribution in [0.4, 0.5) is 0 Å². The molecule has 1 aromatic rings. The van der Waals surface area contributed by atoms with E-state index in [2.05, 4.69) is 39.1 Å². The van der Waals surface area contributed by atoms with Crippen LogP contribution in [-0.2, 0) is 12.8 Å². The van der Waals surface area contributed by atoms with E-state index in [9.17, 15) is 0 Å². The molecule has 0 heteroatoms. The number of aryl methyl sites for hydroxylation is 2. The quantitative estimate of drug-likeness (QED) is 0.516. The molecular weight excluding hydrogens is 216 g/mol. The summed E-state index contributed by atoms with van der Waals surface area (Å²) in [7, 11) is 0. The Hall–Kier alpha value is -1.30. The summed E-state index contributed by atoms with van der Waals surface area (Å²) in [5.74, 6) is 0. The van der Waals surface area contributed by atoms with Crippen molar-refractivity contribution in [2.75, 3.05) is 0 Å². The van der Waals surface area contributed by atoms with Crippen molar-refractivity contribution in [2.45, 2.75) is 52.4 Å². The highest BCUT2D eigenvalue weighted by Crippen LogP contribution is 2.22. The van der Waals surface area contributed by atoms with Crippen LogP contribution in [0.2, 0.25) is 0 Å². The molecule has 0 heterocycles. The number of rotatable bonds is 8. The summed E-state index contributed by atoms with van der Waals surface area (Å²) in [6.45, 7) is 12.3. The zero-order valence-corrected chi connectivity index (χ0v) is 12.0. The van der Waals surface area contributed by atoms with Crippen LogP contribution in [0.5, 0.6) is 0 Å². The maximum Gasteiger partial charge on any atom is -0.0227 e. The minimum atomic E-state index is 1.05. The van der Waals surface area contributed by atoms with Crippen LogP contribution in [0, 0.1) is 0 Å². The fourth-order valence-corrected chi connectivity index (χ4v) is 2.37. The molecule has 0 nitrogen and oxygen atoms in total. The van der Waals surface area contributed by atoms with Crippen LogP contribution in [-0.4, -0.2) is 0 Å². The van der Waals surface area contributed by atoms with E-state index in [-0.39, 0.29) is 0 Å². The summed E-state index contributed by atoms with van der Waals surface area (Å²) in [5.41, 5.74) is 5.38. The molecule has 0 aromatic heterocycles. The minimum absolute atomic E-state index is 1.05. The van der Waals surface area contributed by atoms with Crippen LogP contribution in [0.25, 0.3) is 12.2 Å². The summed E-state index contributed by atoms with van der Waals surface area (Å²) in [5, 5.41) is 0. The van der Waals surface area contributed by atoms with Crippen LogP contribution < -0.4 is 0 Å². The third kappa shape index (κ3) is 3.87. The first-order chi connectivity index (χ1) is 8.76. The predicted octanol–water partition coefficient (Wildman–Crippen LogP) is 5.66. The third-order valence-corrected chi connectivity index (χ3v) is 3.52. The normalized spacial score (nSPS) is 10.3. The molecule has 0 spiro atoms. The summed E-state index contributed by atoms with van der Waals surface area (Å²) >= 11 is 0. The molecule has 0 amide bonds.